The predicted molar refractivity (Wildman–Crippen MR) is 169 cm³/mol. The number of phenolic OH excluding ortho intramolecular Hbond substituents is 1. The molecule has 0 aliphatic carbocycles. The first-order valence-corrected chi connectivity index (χ1v) is 14.5. The van der Waals surface area contributed by atoms with Crippen molar-refractivity contribution >= 4 is 46.0 Å². The summed E-state index contributed by atoms with van der Waals surface area (Å²) in [6.45, 7) is 4.99. The van der Waals surface area contributed by atoms with Gasteiger partial charge < -0.3 is 19.9 Å². The molecular formula is C34H30Cl2N2O5. The summed E-state index contributed by atoms with van der Waals surface area (Å²) in [5.41, 5.74) is 2.10. The average Bonchev–Trinajstić information content (AvgIpc) is 3.32. The van der Waals surface area contributed by atoms with Crippen molar-refractivity contribution in [3.8, 4) is 28.1 Å². The Kier molecular flexibility index (Phi) is 8.60. The molecule has 1 amide bonds. The number of carbonyl (C=O) groups is 2. The van der Waals surface area contributed by atoms with E-state index < -0.39 is 17.3 Å². The molecule has 0 aliphatic heterocycles. The number of amides is 1. The van der Waals surface area contributed by atoms with Crippen LogP contribution in [0.25, 0.3) is 33.5 Å². The lowest BCUT2D eigenvalue weighted by Crippen LogP contribution is -2.32. The molecule has 9 heteroatoms. The molecule has 0 radical (unpaired) electrons. The molecule has 7 nitrogen and oxygen atoms in total. The van der Waals surface area contributed by atoms with Crippen molar-refractivity contribution in [3.63, 3.8) is 0 Å². The number of aromatic hydroxyl groups is 1. The van der Waals surface area contributed by atoms with Crippen molar-refractivity contribution in [2.75, 3.05) is 6.54 Å². The summed E-state index contributed by atoms with van der Waals surface area (Å²) in [5, 5.41) is 25.2. The van der Waals surface area contributed by atoms with Crippen molar-refractivity contribution in [3.05, 3.63) is 106 Å². The Balaban J connectivity index is 1.61. The number of hydrogen-bond donors (Lipinski definition) is 3. The molecule has 0 aliphatic rings. The lowest BCUT2D eigenvalue weighted by atomic mass is 9.91. The van der Waals surface area contributed by atoms with Gasteiger partial charge in [-0.1, -0.05) is 72.6 Å². The molecule has 0 saturated carbocycles. The Morgan fingerprint density at radius 2 is 1.65 bits per heavy atom. The van der Waals surface area contributed by atoms with Crippen LogP contribution in [0.5, 0.6) is 5.75 Å². The third-order valence-electron chi connectivity index (χ3n) is 7.14. The van der Waals surface area contributed by atoms with Gasteiger partial charge in [0.05, 0.1) is 11.3 Å². The Labute approximate surface area is 259 Å². The SMILES string of the molecule is CC(CNC(=O)c1ccccc1O)Cc1c(C(=O)C(C)(C)O)oc2nc(-c3ccccc3Cl)c(-c3ccc(Cl)cc3)cc12. The summed E-state index contributed by atoms with van der Waals surface area (Å²) >= 11 is 12.8. The second-order valence-corrected chi connectivity index (χ2v) is 11.9. The van der Waals surface area contributed by atoms with Gasteiger partial charge in [0.15, 0.2) is 5.76 Å². The van der Waals surface area contributed by atoms with E-state index in [9.17, 15) is 19.8 Å². The van der Waals surface area contributed by atoms with Gasteiger partial charge in [-0.3, -0.25) is 9.59 Å². The minimum Gasteiger partial charge on any atom is -0.507 e. The van der Waals surface area contributed by atoms with Gasteiger partial charge >= 0.3 is 0 Å². The largest absolute Gasteiger partial charge is 0.507 e. The molecular weight excluding hydrogens is 587 g/mol. The minimum atomic E-state index is -1.70. The average molecular weight is 618 g/mol. The maximum atomic E-state index is 13.4. The lowest BCUT2D eigenvalue weighted by Gasteiger charge is -2.17. The third-order valence-corrected chi connectivity index (χ3v) is 7.73. The minimum absolute atomic E-state index is 0.00671. The Hall–Kier alpha value is -4.17. The lowest BCUT2D eigenvalue weighted by molar-refractivity contribution is 0.0459. The van der Waals surface area contributed by atoms with Gasteiger partial charge in [0.2, 0.25) is 11.5 Å². The van der Waals surface area contributed by atoms with Crippen LogP contribution in [0.4, 0.5) is 0 Å². The van der Waals surface area contributed by atoms with Gasteiger partial charge in [0, 0.05) is 38.7 Å². The zero-order valence-corrected chi connectivity index (χ0v) is 25.3. The highest BCUT2D eigenvalue weighted by Crippen LogP contribution is 2.40. The number of pyridine rings is 1. The van der Waals surface area contributed by atoms with Crippen LogP contribution < -0.4 is 5.32 Å². The molecule has 5 aromatic rings. The fourth-order valence-electron chi connectivity index (χ4n) is 4.89. The van der Waals surface area contributed by atoms with E-state index in [1.807, 2.05) is 43.3 Å². The Morgan fingerprint density at radius 1 is 0.977 bits per heavy atom. The molecule has 0 bridgehead atoms. The van der Waals surface area contributed by atoms with E-state index >= 15 is 0 Å². The number of benzene rings is 3. The monoisotopic (exact) mass is 616 g/mol. The summed E-state index contributed by atoms with van der Waals surface area (Å²) in [7, 11) is 0. The molecule has 0 saturated heterocycles. The number of para-hydroxylation sites is 1. The topological polar surface area (TPSA) is 113 Å². The molecule has 0 fully saturated rings. The maximum absolute atomic E-state index is 13.4. The highest BCUT2D eigenvalue weighted by Gasteiger charge is 2.33. The maximum Gasteiger partial charge on any atom is 0.255 e. The molecule has 3 N–H and O–H groups in total. The number of carbonyl (C=O) groups excluding carboxylic acids is 2. The molecule has 220 valence electrons. The number of nitrogens with zero attached hydrogens (tertiary/aromatic N) is 1. The number of Topliss-reactive ketones (excluding diaryl/α,β-unsaturated/α-hetero) is 1. The summed E-state index contributed by atoms with van der Waals surface area (Å²) in [6.07, 6.45) is 0.332. The van der Waals surface area contributed by atoms with Crippen molar-refractivity contribution in [1.29, 1.82) is 0 Å². The van der Waals surface area contributed by atoms with Gasteiger partial charge in [-0.2, -0.15) is 0 Å². The number of aliphatic hydroxyl groups is 1. The summed E-state index contributed by atoms with van der Waals surface area (Å²) in [5.74, 6) is -1.26. The van der Waals surface area contributed by atoms with Crippen LogP contribution >= 0.6 is 23.2 Å². The van der Waals surface area contributed by atoms with Gasteiger partial charge in [0.1, 0.15) is 11.4 Å². The predicted octanol–water partition coefficient (Wildman–Crippen LogP) is 7.74. The van der Waals surface area contributed by atoms with Crippen LogP contribution in [0.15, 0.2) is 83.3 Å². The molecule has 43 heavy (non-hydrogen) atoms. The number of ketones is 1. The van der Waals surface area contributed by atoms with Crippen LogP contribution in [0, 0.1) is 5.92 Å². The molecule has 5 rings (SSSR count). The highest BCUT2D eigenvalue weighted by molar-refractivity contribution is 6.33. The summed E-state index contributed by atoms with van der Waals surface area (Å²) < 4.78 is 6.11. The molecule has 3 aromatic carbocycles. The first-order chi connectivity index (χ1) is 20.4. The van der Waals surface area contributed by atoms with Gasteiger partial charge in [0.25, 0.3) is 5.91 Å². The second-order valence-electron chi connectivity index (χ2n) is 11.1. The molecule has 1 unspecified atom stereocenters. The number of hydrogen-bond acceptors (Lipinski definition) is 6. The zero-order chi connectivity index (χ0) is 30.9. The van der Waals surface area contributed by atoms with E-state index in [0.717, 1.165) is 11.1 Å². The normalized spacial score (nSPS) is 12.3. The third kappa shape index (κ3) is 6.44. The number of aromatic nitrogens is 1. The number of phenols is 1. The van der Waals surface area contributed by atoms with E-state index in [1.165, 1.54) is 19.9 Å². The van der Waals surface area contributed by atoms with E-state index in [4.69, 9.17) is 32.6 Å². The van der Waals surface area contributed by atoms with Crippen LogP contribution in [-0.4, -0.2) is 39.0 Å². The quantitative estimate of drug-likeness (QED) is 0.146. The second kappa shape index (κ2) is 12.2. The van der Waals surface area contributed by atoms with E-state index in [0.29, 0.717) is 38.7 Å². The summed E-state index contributed by atoms with van der Waals surface area (Å²) in [6, 6.07) is 22.9. The fraction of sp³-hybridized carbons (Fsp3) is 0.206. The molecule has 0 spiro atoms. The first kappa shape index (κ1) is 30.3. The number of nitrogens with one attached hydrogen (secondary N) is 1. The van der Waals surface area contributed by atoms with Gasteiger partial charge in [-0.15, -0.1) is 0 Å². The van der Waals surface area contributed by atoms with Crippen molar-refractivity contribution in [2.45, 2.75) is 32.8 Å². The van der Waals surface area contributed by atoms with Crippen molar-refractivity contribution in [2.24, 2.45) is 5.92 Å². The number of halogens is 2. The van der Waals surface area contributed by atoms with Crippen LogP contribution in [0.3, 0.4) is 0 Å². The van der Waals surface area contributed by atoms with E-state index in [2.05, 4.69) is 5.32 Å². The first-order valence-electron chi connectivity index (χ1n) is 13.7. The fourth-order valence-corrected chi connectivity index (χ4v) is 5.24. The van der Waals surface area contributed by atoms with Crippen LogP contribution in [0.1, 0.15) is 47.2 Å². The Bertz CT molecular complexity index is 1820. The number of furan rings is 1. The van der Waals surface area contributed by atoms with Gasteiger partial charge in [-0.05, 0) is 68.1 Å². The standard InChI is InChI=1S/C34H30Cl2N2O5/c1-19(18-37-32(41)23-9-5-7-11-28(23)39)16-25-26-17-24(20-12-14-21(35)15-13-20)29(22-8-4-6-10-27(22)36)38-33(26)43-30(25)31(40)34(2,3)42/h4-15,17,19,39,42H,16,18H2,1-3H3,(H,37,41). The zero-order valence-electron chi connectivity index (χ0n) is 23.8. The van der Waals surface area contributed by atoms with Gasteiger partial charge in [-0.25, -0.2) is 4.98 Å². The molecule has 1 atom stereocenters. The highest BCUT2D eigenvalue weighted by atomic mass is 35.5. The Morgan fingerprint density at radius 3 is 2.33 bits per heavy atom. The smallest absolute Gasteiger partial charge is 0.255 e. The van der Waals surface area contributed by atoms with Crippen LogP contribution in [-0.2, 0) is 6.42 Å². The van der Waals surface area contributed by atoms with E-state index in [-0.39, 0.29) is 35.2 Å². The van der Waals surface area contributed by atoms with Crippen molar-refractivity contribution in [1.82, 2.24) is 10.3 Å². The van der Waals surface area contributed by atoms with Crippen molar-refractivity contribution < 1.29 is 24.2 Å². The molecule has 2 aromatic heterocycles. The number of rotatable bonds is 9. The summed E-state index contributed by atoms with van der Waals surface area (Å²) in [4.78, 5) is 31.0. The van der Waals surface area contributed by atoms with Crippen LogP contribution in [0.2, 0.25) is 10.0 Å². The van der Waals surface area contributed by atoms with E-state index in [1.54, 1.807) is 36.4 Å². The molecule has 2 heterocycles. The number of fused-ring (bicyclic) bond motifs is 1.